The van der Waals surface area contributed by atoms with Gasteiger partial charge in [-0.3, -0.25) is 4.79 Å². The van der Waals surface area contributed by atoms with E-state index in [9.17, 15) is 4.79 Å². The summed E-state index contributed by atoms with van der Waals surface area (Å²) in [4.78, 5) is 16.1. The van der Waals surface area contributed by atoms with Gasteiger partial charge >= 0.3 is 0 Å². The fourth-order valence-corrected chi connectivity index (χ4v) is 1.91. The summed E-state index contributed by atoms with van der Waals surface area (Å²) in [6.45, 7) is 2.18. The van der Waals surface area contributed by atoms with Gasteiger partial charge in [-0.2, -0.15) is 4.98 Å². The topological polar surface area (TPSA) is 94.0 Å². The number of aromatic nitrogens is 2. The summed E-state index contributed by atoms with van der Waals surface area (Å²) in [6.07, 6.45) is 2.03. The summed E-state index contributed by atoms with van der Waals surface area (Å²) >= 11 is 4.89. The number of hydrogen-bond donors (Lipinski definition) is 2. The zero-order valence-electron chi connectivity index (χ0n) is 9.52. The Morgan fingerprint density at radius 1 is 1.65 bits per heavy atom. The van der Waals surface area contributed by atoms with Gasteiger partial charge in [0, 0.05) is 19.9 Å². The summed E-state index contributed by atoms with van der Waals surface area (Å²) in [5.41, 5.74) is 4.96. The van der Waals surface area contributed by atoms with Crippen LogP contribution in [-0.4, -0.2) is 27.6 Å². The van der Waals surface area contributed by atoms with Crippen LogP contribution in [0.4, 0.5) is 0 Å². The van der Waals surface area contributed by atoms with Crippen LogP contribution >= 0.6 is 12.2 Å². The van der Waals surface area contributed by atoms with Gasteiger partial charge < -0.3 is 15.6 Å². The minimum absolute atomic E-state index is 0.0924. The van der Waals surface area contributed by atoms with E-state index >= 15 is 0 Å². The van der Waals surface area contributed by atoms with Crippen molar-refractivity contribution in [1.29, 1.82) is 0 Å². The average molecular weight is 254 g/mol. The lowest BCUT2D eigenvalue weighted by atomic mass is 10.1. The predicted octanol–water partition coefficient (Wildman–Crippen LogP) is 0.103. The first-order valence-corrected chi connectivity index (χ1v) is 5.83. The van der Waals surface area contributed by atoms with Crippen molar-refractivity contribution in [1.82, 2.24) is 15.5 Å². The molecule has 2 rings (SSSR count). The molecule has 7 heteroatoms. The molecule has 1 aliphatic carbocycles. The third-order valence-corrected chi connectivity index (χ3v) is 3.25. The second-order valence-electron chi connectivity index (χ2n) is 4.18. The zero-order chi connectivity index (χ0) is 12.5. The van der Waals surface area contributed by atoms with E-state index in [0.717, 1.165) is 12.8 Å². The maximum Gasteiger partial charge on any atom is 0.233 e. The molecule has 3 N–H and O–H groups in total. The molecule has 1 aromatic rings. The minimum Gasteiger partial charge on any atom is -0.392 e. The number of thiocarbonyl (C=S) groups is 1. The summed E-state index contributed by atoms with van der Waals surface area (Å²) < 4.78 is 4.83. The lowest BCUT2D eigenvalue weighted by Crippen LogP contribution is -2.40. The first kappa shape index (κ1) is 12.0. The van der Waals surface area contributed by atoms with Crippen LogP contribution in [0.3, 0.4) is 0 Å². The van der Waals surface area contributed by atoms with Crippen LogP contribution in [0.25, 0.3) is 0 Å². The molecule has 1 heterocycles. The number of carbonyl (C=O) groups is 1. The van der Waals surface area contributed by atoms with Gasteiger partial charge in [-0.05, 0) is 12.8 Å². The molecule has 0 aliphatic heterocycles. The van der Waals surface area contributed by atoms with Crippen molar-refractivity contribution in [3.8, 4) is 0 Å². The van der Waals surface area contributed by atoms with E-state index in [-0.39, 0.29) is 10.9 Å². The molecule has 1 aromatic heterocycles. The van der Waals surface area contributed by atoms with Gasteiger partial charge in [0.1, 0.15) is 0 Å². The number of rotatable bonds is 5. The van der Waals surface area contributed by atoms with Gasteiger partial charge in [-0.15, -0.1) is 0 Å². The average Bonchev–Trinajstić information content (AvgIpc) is 2.99. The first-order chi connectivity index (χ1) is 8.04. The standard InChI is InChI=1S/C10H14N4O2S/c1-6-13-7(14-16-6)2-5-12-9(15)10(3-4-10)8(11)17/h2-5H2,1H3,(H2,11,17)(H,12,15). The van der Waals surface area contributed by atoms with Crippen molar-refractivity contribution >= 4 is 23.1 Å². The number of nitrogens with one attached hydrogen (secondary N) is 1. The normalized spacial score (nSPS) is 16.5. The maximum atomic E-state index is 11.8. The van der Waals surface area contributed by atoms with Gasteiger partial charge in [-0.25, -0.2) is 0 Å². The van der Waals surface area contributed by atoms with Crippen LogP contribution < -0.4 is 11.1 Å². The third-order valence-electron chi connectivity index (χ3n) is 2.86. The lowest BCUT2D eigenvalue weighted by molar-refractivity contribution is -0.123. The van der Waals surface area contributed by atoms with Crippen molar-refractivity contribution in [2.45, 2.75) is 26.2 Å². The van der Waals surface area contributed by atoms with Crippen LogP contribution in [-0.2, 0) is 11.2 Å². The Bertz CT molecular complexity index is 453. The molecule has 0 saturated heterocycles. The number of hydrogen-bond acceptors (Lipinski definition) is 5. The van der Waals surface area contributed by atoms with Gasteiger partial charge in [0.25, 0.3) is 0 Å². The number of nitrogens with two attached hydrogens (primary N) is 1. The number of amides is 1. The molecule has 0 unspecified atom stereocenters. The molecule has 0 spiro atoms. The van der Waals surface area contributed by atoms with Crippen LogP contribution in [0.1, 0.15) is 24.6 Å². The molecule has 0 atom stereocenters. The Hall–Kier alpha value is -1.50. The van der Waals surface area contributed by atoms with Crippen molar-refractivity contribution < 1.29 is 9.32 Å². The SMILES string of the molecule is Cc1nc(CCNC(=O)C2(C(N)=S)CC2)no1. The summed E-state index contributed by atoms with van der Waals surface area (Å²) in [7, 11) is 0. The van der Waals surface area contributed by atoms with E-state index in [1.165, 1.54) is 0 Å². The Labute approximate surface area is 104 Å². The van der Waals surface area contributed by atoms with Gasteiger partial charge in [0.05, 0.1) is 10.4 Å². The highest BCUT2D eigenvalue weighted by atomic mass is 32.1. The number of carbonyl (C=O) groups excluding carboxylic acids is 1. The van der Waals surface area contributed by atoms with Crippen molar-refractivity contribution in [3.63, 3.8) is 0 Å². The number of aryl methyl sites for hydroxylation is 1. The van der Waals surface area contributed by atoms with E-state index in [1.807, 2.05) is 0 Å². The molecule has 92 valence electrons. The van der Waals surface area contributed by atoms with Gasteiger partial charge in [0.2, 0.25) is 11.8 Å². The van der Waals surface area contributed by atoms with Crippen molar-refractivity contribution in [2.24, 2.45) is 11.1 Å². The van der Waals surface area contributed by atoms with Gasteiger partial charge in [-0.1, -0.05) is 17.4 Å². The first-order valence-electron chi connectivity index (χ1n) is 5.42. The van der Waals surface area contributed by atoms with E-state index < -0.39 is 5.41 Å². The smallest absolute Gasteiger partial charge is 0.233 e. The molecule has 1 aliphatic rings. The van der Waals surface area contributed by atoms with E-state index in [0.29, 0.717) is 24.7 Å². The van der Waals surface area contributed by atoms with E-state index in [2.05, 4.69) is 15.5 Å². The molecule has 0 bridgehead atoms. The Kier molecular flexibility index (Phi) is 3.10. The monoisotopic (exact) mass is 254 g/mol. The summed E-state index contributed by atoms with van der Waals surface area (Å²) in [5.74, 6) is 1.02. The minimum atomic E-state index is -0.595. The lowest BCUT2D eigenvalue weighted by Gasteiger charge is -2.12. The molecular weight excluding hydrogens is 240 g/mol. The van der Waals surface area contributed by atoms with Crippen LogP contribution in [0, 0.1) is 12.3 Å². The van der Waals surface area contributed by atoms with Crippen molar-refractivity contribution in [2.75, 3.05) is 6.54 Å². The summed E-state index contributed by atoms with van der Waals surface area (Å²) in [6, 6.07) is 0. The highest BCUT2D eigenvalue weighted by Gasteiger charge is 2.52. The molecule has 1 fully saturated rings. The highest BCUT2D eigenvalue weighted by Crippen LogP contribution is 2.46. The summed E-state index contributed by atoms with van der Waals surface area (Å²) in [5, 5.41) is 6.53. The van der Waals surface area contributed by atoms with Crippen LogP contribution in [0.15, 0.2) is 4.52 Å². The number of nitrogens with zero attached hydrogens (tertiary/aromatic N) is 2. The Balaban J connectivity index is 1.79. The van der Waals surface area contributed by atoms with E-state index in [4.69, 9.17) is 22.5 Å². The fraction of sp³-hybridized carbons (Fsp3) is 0.600. The predicted molar refractivity (Wildman–Crippen MR) is 64.2 cm³/mol. The largest absolute Gasteiger partial charge is 0.392 e. The quantitative estimate of drug-likeness (QED) is 0.724. The molecular formula is C10H14N4O2S. The second-order valence-corrected chi connectivity index (χ2v) is 4.62. The third kappa shape index (κ3) is 2.44. The molecule has 1 saturated carbocycles. The Morgan fingerprint density at radius 2 is 2.35 bits per heavy atom. The van der Waals surface area contributed by atoms with E-state index in [1.54, 1.807) is 6.92 Å². The molecule has 17 heavy (non-hydrogen) atoms. The van der Waals surface area contributed by atoms with Crippen molar-refractivity contribution in [3.05, 3.63) is 11.7 Å². The second kappa shape index (κ2) is 4.40. The molecule has 6 nitrogen and oxygen atoms in total. The zero-order valence-corrected chi connectivity index (χ0v) is 10.3. The maximum absolute atomic E-state index is 11.8. The van der Waals surface area contributed by atoms with Crippen LogP contribution in [0.5, 0.6) is 0 Å². The highest BCUT2D eigenvalue weighted by molar-refractivity contribution is 7.80. The molecule has 0 aromatic carbocycles. The van der Waals surface area contributed by atoms with Crippen LogP contribution in [0.2, 0.25) is 0 Å². The molecule has 0 radical (unpaired) electrons. The molecule has 1 amide bonds. The Morgan fingerprint density at radius 3 is 2.82 bits per heavy atom. The van der Waals surface area contributed by atoms with Gasteiger partial charge in [0.15, 0.2) is 5.82 Å². The fourth-order valence-electron chi connectivity index (χ4n) is 1.61.